The zero-order valence-corrected chi connectivity index (χ0v) is 18.3. The summed E-state index contributed by atoms with van der Waals surface area (Å²) in [5.41, 5.74) is 0.339. The number of aromatic hydroxyl groups is 3. The van der Waals surface area contributed by atoms with Crippen LogP contribution in [0, 0.1) is 29.1 Å². The number of phenols is 3. The number of carbonyl (C=O) groups excluding carboxylic acids is 1. The molecular formula is C25H32O6. The van der Waals surface area contributed by atoms with Crippen molar-refractivity contribution in [2.45, 2.75) is 76.7 Å². The maximum atomic E-state index is 11.5. The van der Waals surface area contributed by atoms with Crippen LogP contribution in [0.4, 0.5) is 0 Å². The third-order valence-electron chi connectivity index (χ3n) is 8.13. The lowest BCUT2D eigenvalue weighted by atomic mass is 9.53. The van der Waals surface area contributed by atoms with Crippen molar-refractivity contribution in [2.24, 2.45) is 17.3 Å². The number of hydrogen-bond donors (Lipinski definition) is 4. The Morgan fingerprint density at radius 1 is 1.19 bits per heavy atom. The van der Waals surface area contributed by atoms with E-state index in [0.29, 0.717) is 31.8 Å². The third kappa shape index (κ3) is 3.53. The van der Waals surface area contributed by atoms with E-state index < -0.39 is 11.4 Å². The van der Waals surface area contributed by atoms with Gasteiger partial charge in [-0.1, -0.05) is 12.8 Å². The fraction of sp³-hybridized carbons (Fsp3) is 0.640. The van der Waals surface area contributed by atoms with Crippen molar-refractivity contribution in [1.29, 1.82) is 0 Å². The first-order valence-corrected chi connectivity index (χ1v) is 11.3. The van der Waals surface area contributed by atoms with E-state index in [2.05, 4.69) is 18.8 Å². The number of benzene rings is 1. The number of ether oxygens (including phenoxy) is 1. The number of aliphatic hydroxyl groups is 1. The molecule has 0 aromatic heterocycles. The molecule has 0 spiro atoms. The minimum Gasteiger partial charge on any atom is -0.504 e. The largest absolute Gasteiger partial charge is 0.504 e. The summed E-state index contributed by atoms with van der Waals surface area (Å²) in [6, 6.07) is 1.58. The third-order valence-corrected chi connectivity index (χ3v) is 8.13. The number of rotatable bonds is 3. The summed E-state index contributed by atoms with van der Waals surface area (Å²) in [6.45, 7) is 3.88. The summed E-state index contributed by atoms with van der Waals surface area (Å²) < 4.78 is 4.93. The second-order valence-electron chi connectivity index (χ2n) is 9.68. The van der Waals surface area contributed by atoms with Gasteiger partial charge in [-0.2, -0.15) is 0 Å². The van der Waals surface area contributed by atoms with Crippen molar-refractivity contribution in [3.63, 3.8) is 0 Å². The SMILES string of the molecule is CC(=O)OCCCC#CC1(O)CC[C@H]2[C@@H]3CCc4cc(O)c(O)c(O)c4[C@H]3CC[C@@]21C. The van der Waals surface area contributed by atoms with Crippen molar-refractivity contribution in [2.75, 3.05) is 6.61 Å². The average molecular weight is 429 g/mol. The van der Waals surface area contributed by atoms with Gasteiger partial charge in [-0.15, -0.1) is 5.92 Å². The molecule has 3 aliphatic carbocycles. The lowest BCUT2D eigenvalue weighted by Crippen LogP contribution is -2.50. The van der Waals surface area contributed by atoms with Crippen LogP contribution >= 0.6 is 0 Å². The summed E-state index contributed by atoms with van der Waals surface area (Å²) in [5, 5.41) is 42.1. The standard InChI is InChI=1S/C25H32O6/c1-15(26)31-13-5-3-4-10-25(30)12-9-19-17-7-6-16-14-20(27)22(28)23(29)21(16)18(17)8-11-24(19,25)2/h14,17-19,27-30H,3,5-9,11-13H2,1-2H3/t17-,18+,19+,24+,25?/m1/s1. The zero-order chi connectivity index (χ0) is 22.4. The van der Waals surface area contributed by atoms with Crippen molar-refractivity contribution >= 4 is 5.97 Å². The highest BCUT2D eigenvalue weighted by Crippen LogP contribution is 2.65. The molecule has 4 N–H and O–H groups in total. The van der Waals surface area contributed by atoms with E-state index >= 15 is 0 Å². The van der Waals surface area contributed by atoms with E-state index in [4.69, 9.17) is 4.74 Å². The van der Waals surface area contributed by atoms with Crippen LogP contribution in [0.15, 0.2) is 6.07 Å². The Hall–Kier alpha value is -2.39. The molecule has 0 heterocycles. The lowest BCUT2D eigenvalue weighted by molar-refractivity contribution is -0.141. The smallest absolute Gasteiger partial charge is 0.302 e. The predicted molar refractivity (Wildman–Crippen MR) is 115 cm³/mol. The Kier molecular flexibility index (Phi) is 5.59. The highest BCUT2D eigenvalue weighted by atomic mass is 16.5. The fourth-order valence-electron chi connectivity index (χ4n) is 6.51. The van der Waals surface area contributed by atoms with Crippen LogP contribution in [0.3, 0.4) is 0 Å². The van der Waals surface area contributed by atoms with Crippen molar-refractivity contribution in [3.8, 4) is 29.1 Å². The van der Waals surface area contributed by atoms with Crippen LogP contribution < -0.4 is 0 Å². The van der Waals surface area contributed by atoms with Gasteiger partial charge in [0.05, 0.1) is 6.61 Å². The molecule has 0 bridgehead atoms. The zero-order valence-electron chi connectivity index (χ0n) is 18.3. The van der Waals surface area contributed by atoms with Gasteiger partial charge in [0.15, 0.2) is 11.5 Å². The Labute approximate surface area is 183 Å². The summed E-state index contributed by atoms with van der Waals surface area (Å²) in [4.78, 5) is 10.8. The molecule has 0 saturated heterocycles. The number of carbonyl (C=O) groups is 1. The van der Waals surface area contributed by atoms with E-state index in [1.807, 2.05) is 0 Å². The predicted octanol–water partition coefficient (Wildman–Crippen LogP) is 3.74. The van der Waals surface area contributed by atoms with Crippen LogP contribution in [0.25, 0.3) is 0 Å². The number of aryl methyl sites for hydroxylation is 1. The summed E-state index contributed by atoms with van der Waals surface area (Å²) in [6.07, 6.45) is 6.02. The molecule has 5 atom stereocenters. The highest BCUT2D eigenvalue weighted by Gasteiger charge is 2.61. The van der Waals surface area contributed by atoms with E-state index in [-0.39, 0.29) is 34.7 Å². The molecule has 2 saturated carbocycles. The summed E-state index contributed by atoms with van der Waals surface area (Å²) in [5.74, 6) is 5.82. The van der Waals surface area contributed by atoms with Gasteiger partial charge in [0.2, 0.25) is 5.75 Å². The van der Waals surface area contributed by atoms with Gasteiger partial charge in [-0.25, -0.2) is 0 Å². The maximum Gasteiger partial charge on any atom is 0.302 e. The Balaban J connectivity index is 1.53. The van der Waals surface area contributed by atoms with Crippen molar-refractivity contribution in [3.05, 3.63) is 17.2 Å². The van der Waals surface area contributed by atoms with Crippen LogP contribution in [0.5, 0.6) is 17.2 Å². The number of unbranched alkanes of at least 4 members (excludes halogenated alkanes) is 1. The number of phenolic OH excluding ortho intramolecular Hbond substituents is 3. The number of hydrogen-bond acceptors (Lipinski definition) is 6. The van der Waals surface area contributed by atoms with Crippen LogP contribution in [-0.4, -0.2) is 38.6 Å². The normalized spacial score (nSPS) is 33.5. The molecule has 0 amide bonds. The van der Waals surface area contributed by atoms with Crippen molar-refractivity contribution in [1.82, 2.24) is 0 Å². The van der Waals surface area contributed by atoms with Gasteiger partial charge < -0.3 is 25.2 Å². The Morgan fingerprint density at radius 3 is 2.71 bits per heavy atom. The first kappa shape index (κ1) is 21.8. The molecule has 1 unspecified atom stereocenters. The van der Waals surface area contributed by atoms with E-state index in [1.54, 1.807) is 6.07 Å². The summed E-state index contributed by atoms with van der Waals surface area (Å²) >= 11 is 0. The van der Waals surface area contributed by atoms with Gasteiger partial charge in [0, 0.05) is 24.3 Å². The second-order valence-corrected chi connectivity index (χ2v) is 9.68. The molecule has 6 nitrogen and oxygen atoms in total. The molecule has 168 valence electrons. The minimum atomic E-state index is -1.04. The average Bonchev–Trinajstić information content (AvgIpc) is 2.99. The Morgan fingerprint density at radius 2 is 1.97 bits per heavy atom. The van der Waals surface area contributed by atoms with Gasteiger partial charge >= 0.3 is 5.97 Å². The maximum absolute atomic E-state index is 11.5. The van der Waals surface area contributed by atoms with E-state index in [0.717, 1.165) is 43.2 Å². The number of esters is 1. The first-order chi connectivity index (χ1) is 14.7. The number of fused-ring (bicyclic) bond motifs is 5. The second kappa shape index (κ2) is 7.94. The molecule has 6 heteroatoms. The van der Waals surface area contributed by atoms with Crippen molar-refractivity contribution < 1.29 is 30.0 Å². The lowest BCUT2D eigenvalue weighted by Gasteiger charge is -2.52. The monoisotopic (exact) mass is 428 g/mol. The topological polar surface area (TPSA) is 107 Å². The highest BCUT2D eigenvalue weighted by molar-refractivity contribution is 5.65. The van der Waals surface area contributed by atoms with Crippen LogP contribution in [0.2, 0.25) is 0 Å². The summed E-state index contributed by atoms with van der Waals surface area (Å²) in [7, 11) is 0. The molecule has 1 aromatic carbocycles. The molecular weight excluding hydrogens is 396 g/mol. The fourth-order valence-corrected chi connectivity index (χ4v) is 6.51. The van der Waals surface area contributed by atoms with Gasteiger partial charge in [-0.05, 0) is 74.3 Å². The molecule has 0 radical (unpaired) electrons. The van der Waals surface area contributed by atoms with Gasteiger partial charge in [0.25, 0.3) is 0 Å². The van der Waals surface area contributed by atoms with Gasteiger partial charge in [-0.3, -0.25) is 4.79 Å². The minimum absolute atomic E-state index is 0.118. The molecule has 3 aliphatic rings. The molecule has 1 aromatic rings. The van der Waals surface area contributed by atoms with Crippen LogP contribution in [0.1, 0.15) is 75.8 Å². The van der Waals surface area contributed by atoms with E-state index in [9.17, 15) is 25.2 Å². The van der Waals surface area contributed by atoms with Crippen LogP contribution in [-0.2, 0) is 16.0 Å². The molecule has 4 rings (SSSR count). The molecule has 31 heavy (non-hydrogen) atoms. The molecule has 0 aliphatic heterocycles. The van der Waals surface area contributed by atoms with Gasteiger partial charge in [0.1, 0.15) is 5.60 Å². The van der Waals surface area contributed by atoms with E-state index in [1.165, 1.54) is 6.92 Å². The molecule has 2 fully saturated rings. The quantitative estimate of drug-likeness (QED) is 0.253. The first-order valence-electron chi connectivity index (χ1n) is 11.3. The Bertz CT molecular complexity index is 944.